The molecule has 1 atom stereocenters. The van der Waals surface area contributed by atoms with Crippen molar-refractivity contribution in [2.75, 3.05) is 20.1 Å². The Bertz CT molecular complexity index is 184. The first-order valence-corrected chi connectivity index (χ1v) is 6.15. The van der Waals surface area contributed by atoms with Crippen LogP contribution in [0.15, 0.2) is 0 Å². The summed E-state index contributed by atoms with van der Waals surface area (Å²) in [6, 6.07) is 0.762. The van der Waals surface area contributed by atoms with Crippen LogP contribution in [0.1, 0.15) is 45.4 Å². The van der Waals surface area contributed by atoms with Crippen LogP contribution in [0.4, 0.5) is 0 Å². The van der Waals surface area contributed by atoms with E-state index in [4.69, 9.17) is 0 Å². The lowest BCUT2D eigenvalue weighted by atomic mass is 9.98. The van der Waals surface area contributed by atoms with E-state index in [-0.39, 0.29) is 12.4 Å². The molecule has 0 radical (unpaired) electrons. The molecule has 2 rings (SSSR count). The third-order valence-corrected chi connectivity index (χ3v) is 4.26. The molecule has 0 amide bonds. The van der Waals surface area contributed by atoms with Crippen LogP contribution in [0.2, 0.25) is 0 Å². The molecule has 1 heterocycles. The number of nitrogens with zero attached hydrogens (tertiary/aromatic N) is 1. The van der Waals surface area contributed by atoms with Crippen molar-refractivity contribution in [3.05, 3.63) is 0 Å². The molecule has 2 nitrogen and oxygen atoms in total. The topological polar surface area (TPSA) is 15.3 Å². The fraction of sp³-hybridized carbons (Fsp3) is 1.00. The van der Waals surface area contributed by atoms with Crippen LogP contribution in [0.3, 0.4) is 0 Å². The van der Waals surface area contributed by atoms with Gasteiger partial charge in [0, 0.05) is 18.1 Å². The van der Waals surface area contributed by atoms with Crippen LogP contribution in [0.25, 0.3) is 0 Å². The van der Waals surface area contributed by atoms with Crippen LogP contribution in [0, 0.1) is 0 Å². The summed E-state index contributed by atoms with van der Waals surface area (Å²) in [6.07, 6.45) is 8.40. The Labute approximate surface area is 100 Å². The second-order valence-electron chi connectivity index (χ2n) is 5.38. The Hall–Kier alpha value is 0.210. The van der Waals surface area contributed by atoms with Gasteiger partial charge in [0.05, 0.1) is 0 Å². The Balaban J connectivity index is 0.00000112. The fourth-order valence-corrected chi connectivity index (χ4v) is 2.98. The monoisotopic (exact) mass is 232 g/mol. The van der Waals surface area contributed by atoms with Crippen molar-refractivity contribution >= 4 is 12.4 Å². The molecule has 0 aromatic heterocycles. The molecule has 0 bridgehead atoms. The summed E-state index contributed by atoms with van der Waals surface area (Å²) >= 11 is 0. The molecule has 0 aromatic carbocycles. The average molecular weight is 233 g/mol. The molecule has 2 fully saturated rings. The quantitative estimate of drug-likeness (QED) is 0.804. The Morgan fingerprint density at radius 2 is 1.93 bits per heavy atom. The number of hydrogen-bond donors (Lipinski definition) is 1. The first kappa shape index (κ1) is 13.3. The van der Waals surface area contributed by atoms with Gasteiger partial charge in [0.15, 0.2) is 0 Å². The predicted octanol–water partition coefficient (Wildman–Crippen LogP) is 2.42. The van der Waals surface area contributed by atoms with Gasteiger partial charge < -0.3 is 5.32 Å². The first-order chi connectivity index (χ1) is 6.71. The molecular weight excluding hydrogens is 208 g/mol. The van der Waals surface area contributed by atoms with Gasteiger partial charge in [-0.1, -0.05) is 12.8 Å². The number of rotatable bonds is 3. The molecular formula is C12H25ClN2. The number of hydrogen-bond acceptors (Lipinski definition) is 2. The van der Waals surface area contributed by atoms with Crippen molar-refractivity contribution in [1.82, 2.24) is 10.2 Å². The SMILES string of the molecule is CN(C[C@@H]1CCCN1)C1(C)CCCC1.Cl. The molecule has 1 aliphatic carbocycles. The second-order valence-corrected chi connectivity index (χ2v) is 5.38. The molecule has 1 saturated heterocycles. The van der Waals surface area contributed by atoms with Gasteiger partial charge >= 0.3 is 0 Å². The van der Waals surface area contributed by atoms with Crippen molar-refractivity contribution in [2.45, 2.75) is 57.0 Å². The standard InChI is InChI=1S/C12H24N2.ClH/c1-12(7-3-4-8-12)14(2)10-11-6-5-9-13-11;/h11,13H,3-10H2,1-2H3;1H/t11-;/m0./s1. The van der Waals surface area contributed by atoms with Crippen molar-refractivity contribution in [2.24, 2.45) is 0 Å². The minimum absolute atomic E-state index is 0. The summed E-state index contributed by atoms with van der Waals surface area (Å²) in [6.45, 7) is 4.92. The van der Waals surface area contributed by atoms with E-state index in [2.05, 4.69) is 24.2 Å². The zero-order valence-corrected chi connectivity index (χ0v) is 10.9. The molecule has 0 unspecified atom stereocenters. The van der Waals surface area contributed by atoms with E-state index in [0.29, 0.717) is 5.54 Å². The van der Waals surface area contributed by atoms with Crippen molar-refractivity contribution in [3.63, 3.8) is 0 Å². The minimum Gasteiger partial charge on any atom is -0.313 e. The fourth-order valence-electron chi connectivity index (χ4n) is 2.98. The van der Waals surface area contributed by atoms with E-state index in [1.165, 1.54) is 51.6 Å². The normalized spacial score (nSPS) is 29.4. The minimum atomic E-state index is 0. The zero-order chi connectivity index (χ0) is 10.0. The molecule has 1 saturated carbocycles. The molecule has 0 spiro atoms. The highest BCUT2D eigenvalue weighted by molar-refractivity contribution is 5.85. The summed E-state index contributed by atoms with van der Waals surface area (Å²) in [7, 11) is 2.31. The van der Waals surface area contributed by atoms with Gasteiger partial charge in [-0.15, -0.1) is 12.4 Å². The molecule has 1 N–H and O–H groups in total. The Morgan fingerprint density at radius 3 is 2.47 bits per heavy atom. The van der Waals surface area contributed by atoms with E-state index in [1.807, 2.05) is 0 Å². The highest BCUT2D eigenvalue weighted by Crippen LogP contribution is 2.34. The summed E-state index contributed by atoms with van der Waals surface area (Å²) < 4.78 is 0. The average Bonchev–Trinajstić information content (AvgIpc) is 2.76. The van der Waals surface area contributed by atoms with Crippen molar-refractivity contribution in [3.8, 4) is 0 Å². The second kappa shape index (κ2) is 5.51. The highest BCUT2D eigenvalue weighted by Gasteiger charge is 2.33. The maximum Gasteiger partial charge on any atom is 0.0195 e. The first-order valence-electron chi connectivity index (χ1n) is 6.15. The van der Waals surface area contributed by atoms with Gasteiger partial charge in [-0.2, -0.15) is 0 Å². The van der Waals surface area contributed by atoms with Crippen molar-refractivity contribution in [1.29, 1.82) is 0 Å². The van der Waals surface area contributed by atoms with Gasteiger partial charge in [-0.05, 0) is 46.2 Å². The number of likely N-dealkylation sites (N-methyl/N-ethyl adjacent to an activating group) is 1. The Morgan fingerprint density at radius 1 is 1.27 bits per heavy atom. The summed E-state index contributed by atoms with van der Waals surface area (Å²) in [5.41, 5.74) is 0.504. The summed E-state index contributed by atoms with van der Waals surface area (Å²) in [5.74, 6) is 0. The zero-order valence-electron chi connectivity index (χ0n) is 10.1. The molecule has 0 aromatic rings. The summed E-state index contributed by atoms with van der Waals surface area (Å²) in [5, 5.41) is 3.59. The van der Waals surface area contributed by atoms with Gasteiger partial charge in [0.25, 0.3) is 0 Å². The largest absolute Gasteiger partial charge is 0.313 e. The van der Waals surface area contributed by atoms with E-state index in [9.17, 15) is 0 Å². The van der Waals surface area contributed by atoms with Gasteiger partial charge in [-0.3, -0.25) is 4.90 Å². The third kappa shape index (κ3) is 3.08. The van der Waals surface area contributed by atoms with E-state index in [1.54, 1.807) is 0 Å². The van der Waals surface area contributed by atoms with E-state index < -0.39 is 0 Å². The number of nitrogens with one attached hydrogen (secondary N) is 1. The molecule has 3 heteroatoms. The lowest BCUT2D eigenvalue weighted by Crippen LogP contribution is -2.47. The molecule has 15 heavy (non-hydrogen) atoms. The maximum absolute atomic E-state index is 3.59. The van der Waals surface area contributed by atoms with E-state index in [0.717, 1.165) is 6.04 Å². The van der Waals surface area contributed by atoms with Gasteiger partial charge in [-0.25, -0.2) is 0 Å². The van der Waals surface area contributed by atoms with Crippen LogP contribution in [-0.4, -0.2) is 36.6 Å². The third-order valence-electron chi connectivity index (χ3n) is 4.26. The molecule has 90 valence electrons. The van der Waals surface area contributed by atoms with Crippen molar-refractivity contribution < 1.29 is 0 Å². The van der Waals surface area contributed by atoms with Crippen LogP contribution >= 0.6 is 12.4 Å². The summed E-state index contributed by atoms with van der Waals surface area (Å²) in [4.78, 5) is 2.60. The van der Waals surface area contributed by atoms with Gasteiger partial charge in [0.1, 0.15) is 0 Å². The smallest absolute Gasteiger partial charge is 0.0195 e. The lowest BCUT2D eigenvalue weighted by Gasteiger charge is -2.37. The lowest BCUT2D eigenvalue weighted by molar-refractivity contribution is 0.131. The van der Waals surface area contributed by atoms with Gasteiger partial charge in [0.2, 0.25) is 0 Å². The Kier molecular flexibility index (Phi) is 4.88. The van der Waals surface area contributed by atoms with Crippen LogP contribution < -0.4 is 5.32 Å². The maximum atomic E-state index is 3.59. The molecule has 2 aliphatic rings. The van der Waals surface area contributed by atoms with Crippen LogP contribution in [0.5, 0.6) is 0 Å². The van der Waals surface area contributed by atoms with E-state index >= 15 is 0 Å². The van der Waals surface area contributed by atoms with Crippen LogP contribution in [-0.2, 0) is 0 Å². The predicted molar refractivity (Wildman–Crippen MR) is 67.8 cm³/mol. The highest BCUT2D eigenvalue weighted by atomic mass is 35.5. The number of halogens is 1. The molecule has 1 aliphatic heterocycles.